The Bertz CT molecular complexity index is 2260. The van der Waals surface area contributed by atoms with Gasteiger partial charge in [0, 0.05) is 0 Å². The molecule has 0 saturated heterocycles. The van der Waals surface area contributed by atoms with Crippen molar-refractivity contribution in [3.05, 3.63) is 130 Å². The van der Waals surface area contributed by atoms with Gasteiger partial charge in [0.1, 0.15) is 0 Å². The van der Waals surface area contributed by atoms with Gasteiger partial charge in [-0.2, -0.15) is 0 Å². The van der Waals surface area contributed by atoms with Crippen molar-refractivity contribution < 1.29 is 9.47 Å². The number of ether oxygens (including phenoxy) is 2. The van der Waals surface area contributed by atoms with E-state index < -0.39 is 34.1 Å². The summed E-state index contributed by atoms with van der Waals surface area (Å²) in [5, 5.41) is 5.03. The summed E-state index contributed by atoms with van der Waals surface area (Å²) in [5.41, 5.74) is 11.8. The van der Waals surface area contributed by atoms with E-state index in [4.69, 9.17) is 19.5 Å². The zero-order valence-electron chi connectivity index (χ0n) is 31.2. The third-order valence-corrected chi connectivity index (χ3v) is 21.2. The van der Waals surface area contributed by atoms with Crippen LogP contribution in [0.25, 0.3) is 43.8 Å². The third-order valence-electron chi connectivity index (χ3n) is 9.63. The number of hydrogen-bond acceptors (Lipinski definition) is 4. The Morgan fingerprint density at radius 1 is 0.481 bits per heavy atom. The van der Waals surface area contributed by atoms with Crippen molar-refractivity contribution in [2.45, 2.75) is 66.5 Å². The van der Waals surface area contributed by atoms with Gasteiger partial charge in [0.25, 0.3) is 0 Å². The van der Waals surface area contributed by atoms with Gasteiger partial charge in [0.15, 0.2) is 0 Å². The molecular weight excluding hydrogens is 868 g/mol. The molecule has 2 heterocycles. The Morgan fingerprint density at radius 3 is 1.19 bits per heavy atom. The van der Waals surface area contributed by atoms with E-state index in [0.717, 1.165) is 11.8 Å². The van der Waals surface area contributed by atoms with Crippen molar-refractivity contribution in [2.24, 2.45) is 9.98 Å². The third kappa shape index (κ3) is 6.93. The van der Waals surface area contributed by atoms with Gasteiger partial charge in [-0.3, -0.25) is 0 Å². The second-order valence-corrected chi connectivity index (χ2v) is 25.5. The molecule has 0 atom stereocenters. The van der Waals surface area contributed by atoms with E-state index >= 15 is 0 Å². The molecule has 2 aliphatic rings. The molecule has 0 fully saturated rings. The van der Waals surface area contributed by atoms with Gasteiger partial charge >= 0.3 is 327 Å². The molecule has 8 rings (SSSR count). The first-order valence-electron chi connectivity index (χ1n) is 17.9. The Balaban J connectivity index is 1.37. The van der Waals surface area contributed by atoms with Crippen LogP contribution in [0.1, 0.15) is 61.1 Å². The maximum absolute atomic E-state index is 6.55. The van der Waals surface area contributed by atoms with E-state index in [9.17, 15) is 0 Å². The fourth-order valence-electron chi connectivity index (χ4n) is 7.55. The minimum atomic E-state index is -0.725. The second-order valence-electron chi connectivity index (χ2n) is 15.6. The van der Waals surface area contributed by atoms with Gasteiger partial charge < -0.3 is 0 Å². The molecule has 52 heavy (non-hydrogen) atoms. The summed E-state index contributed by atoms with van der Waals surface area (Å²) in [7, 11) is 0. The molecule has 0 N–H and O–H groups in total. The normalized spacial score (nSPS) is 16.2. The van der Waals surface area contributed by atoms with E-state index in [0.29, 0.717) is 13.2 Å². The van der Waals surface area contributed by atoms with E-state index in [-0.39, 0.29) is 11.1 Å². The first-order valence-corrected chi connectivity index (χ1v) is 27.6. The van der Waals surface area contributed by atoms with Gasteiger partial charge in [-0.15, -0.1) is 0 Å². The first kappa shape index (κ1) is 35.4. The average molecular weight is 912 g/mol. The first-order chi connectivity index (χ1) is 24.8. The van der Waals surface area contributed by atoms with Crippen LogP contribution in [-0.4, -0.2) is 70.2 Å². The quantitative estimate of drug-likeness (QED) is 0.150. The molecular formula is C46H44N2O2Te2. The number of benzene rings is 6. The van der Waals surface area contributed by atoms with E-state index in [2.05, 4.69) is 152 Å². The molecule has 6 aromatic rings. The van der Waals surface area contributed by atoms with Gasteiger partial charge in [-0.05, 0) is 0 Å². The second kappa shape index (κ2) is 13.6. The molecule has 2 aliphatic heterocycles. The van der Waals surface area contributed by atoms with Gasteiger partial charge in [0.05, 0.1) is 0 Å². The molecule has 0 radical (unpaired) electrons. The van der Waals surface area contributed by atoms with Crippen LogP contribution in [0.3, 0.4) is 0 Å². The summed E-state index contributed by atoms with van der Waals surface area (Å²) in [6, 6.07) is 36.5. The van der Waals surface area contributed by atoms with E-state index in [1.165, 1.54) is 84.4 Å². The van der Waals surface area contributed by atoms with Crippen LogP contribution in [-0.2, 0) is 9.47 Å². The Hall–Kier alpha value is -3.64. The van der Waals surface area contributed by atoms with Gasteiger partial charge in [0.2, 0.25) is 0 Å². The summed E-state index contributed by atoms with van der Waals surface area (Å²) >= 11 is -1.45. The Morgan fingerprint density at radius 2 is 0.846 bits per heavy atom. The zero-order chi connectivity index (χ0) is 36.4. The SMILES string of the molecule is Cc1cc(C)cc(-c2c(C3=NC(C)(C)CO3)c([Te][Te]c3cc4ccccc4c(-c4cc(C)cc(C)c4)c3C3=NC(C)(C)CO3)cc3ccccc23)c1. The standard InChI is InChI=1S/C46H44N2O2Te2/c1-27-17-28(2)20-33(19-27)39-35-15-11-9-13-31(35)23-37(41(39)43-47-45(5,6)25-49-43)51-52-38-24-32-14-10-12-16-36(32)40(34-21-29(3)18-30(4)22-34)42(38)44-48-46(7,8)26-50-44/h9-24H,25-26H2,1-8H3. The fourth-order valence-corrected chi connectivity index (χ4v) is 19.1. The number of rotatable bonds is 7. The number of aryl methyl sites for hydroxylation is 4. The fraction of sp³-hybridized carbons (Fsp3) is 0.261. The van der Waals surface area contributed by atoms with Crippen molar-refractivity contribution in [3.8, 4) is 22.3 Å². The van der Waals surface area contributed by atoms with Crippen LogP contribution < -0.4 is 7.22 Å². The Labute approximate surface area is 324 Å². The molecule has 0 spiro atoms. The predicted octanol–water partition coefficient (Wildman–Crippen LogP) is 8.95. The van der Waals surface area contributed by atoms with Gasteiger partial charge in [-0.1, -0.05) is 0 Å². The van der Waals surface area contributed by atoms with Crippen molar-refractivity contribution in [3.63, 3.8) is 0 Å². The molecule has 6 aromatic carbocycles. The summed E-state index contributed by atoms with van der Waals surface area (Å²) in [4.78, 5) is 10.5. The Kier molecular flexibility index (Phi) is 9.29. The summed E-state index contributed by atoms with van der Waals surface area (Å²) in [6.45, 7) is 18.6. The molecule has 0 aliphatic carbocycles. The average Bonchev–Trinajstić information content (AvgIpc) is 3.64. The molecule has 0 saturated carbocycles. The molecule has 4 nitrogen and oxygen atoms in total. The topological polar surface area (TPSA) is 43.2 Å². The maximum atomic E-state index is 6.55. The van der Waals surface area contributed by atoms with Crippen molar-refractivity contribution >= 4 is 74.7 Å². The molecule has 262 valence electrons. The molecule has 0 bridgehead atoms. The zero-order valence-corrected chi connectivity index (χ0v) is 35.8. The van der Waals surface area contributed by atoms with Crippen LogP contribution in [0.15, 0.2) is 107 Å². The molecule has 6 heteroatoms. The predicted molar refractivity (Wildman–Crippen MR) is 222 cm³/mol. The van der Waals surface area contributed by atoms with E-state index in [1.54, 1.807) is 0 Å². The van der Waals surface area contributed by atoms with Crippen molar-refractivity contribution in [1.82, 2.24) is 0 Å². The molecule has 0 unspecified atom stereocenters. The number of hydrogen-bond donors (Lipinski definition) is 0. The summed E-state index contributed by atoms with van der Waals surface area (Å²) in [6.07, 6.45) is 0. The summed E-state index contributed by atoms with van der Waals surface area (Å²) < 4.78 is 15.9. The van der Waals surface area contributed by atoms with Crippen LogP contribution in [0, 0.1) is 27.7 Å². The van der Waals surface area contributed by atoms with Crippen LogP contribution in [0.5, 0.6) is 0 Å². The van der Waals surface area contributed by atoms with Crippen molar-refractivity contribution in [2.75, 3.05) is 13.2 Å². The van der Waals surface area contributed by atoms with Gasteiger partial charge in [-0.25, -0.2) is 0 Å². The molecule has 0 amide bonds. The summed E-state index contributed by atoms with van der Waals surface area (Å²) in [5.74, 6) is 1.58. The van der Waals surface area contributed by atoms with Crippen LogP contribution >= 0.6 is 0 Å². The number of nitrogens with zero attached hydrogens (tertiary/aromatic N) is 2. The minimum absolute atomic E-state index is 0.271. The number of aliphatic imine (C=N–C) groups is 2. The number of fused-ring (bicyclic) bond motifs is 2. The van der Waals surface area contributed by atoms with Crippen LogP contribution in [0.4, 0.5) is 0 Å². The molecule has 0 aromatic heterocycles. The van der Waals surface area contributed by atoms with E-state index in [1.807, 2.05) is 0 Å². The van der Waals surface area contributed by atoms with Crippen LogP contribution in [0.2, 0.25) is 0 Å². The monoisotopic (exact) mass is 916 g/mol. The van der Waals surface area contributed by atoms with Crippen molar-refractivity contribution in [1.29, 1.82) is 0 Å².